The van der Waals surface area contributed by atoms with E-state index in [2.05, 4.69) is 15.3 Å². The number of aromatic nitrogens is 2. The van der Waals surface area contributed by atoms with Crippen LogP contribution in [0.3, 0.4) is 0 Å². The van der Waals surface area contributed by atoms with Crippen LogP contribution in [0.1, 0.15) is 20.8 Å². The number of hydrogen-bond acceptors (Lipinski definition) is 5. The maximum atomic E-state index is 10.8. The number of carbonyl (C=O) groups is 1. The number of nitrogens with zero attached hydrogens (tertiary/aromatic N) is 2. The molecule has 0 aliphatic rings. The first-order valence-electron chi connectivity index (χ1n) is 6.53. The molecule has 0 atom stereocenters. The zero-order valence-electron chi connectivity index (χ0n) is 11.6. The predicted molar refractivity (Wildman–Crippen MR) is 87.9 cm³/mol. The van der Waals surface area contributed by atoms with E-state index < -0.39 is 5.97 Å². The molecule has 0 bridgehead atoms. The van der Waals surface area contributed by atoms with Gasteiger partial charge in [-0.25, -0.2) is 14.8 Å². The van der Waals surface area contributed by atoms with Crippen molar-refractivity contribution in [3.8, 4) is 0 Å². The van der Waals surface area contributed by atoms with E-state index >= 15 is 0 Å². The summed E-state index contributed by atoms with van der Waals surface area (Å²) >= 11 is 7.52. The second-order valence-electron chi connectivity index (χ2n) is 4.77. The molecular weight excluding hydrogens is 322 g/mol. The first-order chi connectivity index (χ1) is 10.5. The van der Waals surface area contributed by atoms with Gasteiger partial charge in [0.1, 0.15) is 10.6 Å². The molecule has 3 aromatic rings. The van der Waals surface area contributed by atoms with Crippen molar-refractivity contribution < 1.29 is 9.90 Å². The van der Waals surface area contributed by atoms with Crippen LogP contribution in [-0.4, -0.2) is 21.0 Å². The normalized spacial score (nSPS) is 10.8. The topological polar surface area (TPSA) is 75.1 Å². The molecule has 0 fully saturated rings. The van der Waals surface area contributed by atoms with Crippen LogP contribution in [0, 0.1) is 6.92 Å². The van der Waals surface area contributed by atoms with Gasteiger partial charge < -0.3 is 10.4 Å². The molecule has 1 aromatic carbocycles. The number of aryl methyl sites for hydroxylation is 1. The fraction of sp³-hybridized carbons (Fsp3) is 0.133. The van der Waals surface area contributed by atoms with Crippen LogP contribution >= 0.6 is 22.9 Å². The van der Waals surface area contributed by atoms with Crippen LogP contribution < -0.4 is 5.32 Å². The first-order valence-corrected chi connectivity index (χ1v) is 7.72. The molecule has 0 saturated carbocycles. The Morgan fingerprint density at radius 2 is 2.05 bits per heavy atom. The van der Waals surface area contributed by atoms with Crippen LogP contribution in [-0.2, 0) is 6.54 Å². The highest BCUT2D eigenvalue weighted by Crippen LogP contribution is 2.29. The molecule has 0 aliphatic heterocycles. The zero-order chi connectivity index (χ0) is 15.7. The number of carboxylic acid groups (broad SMARTS) is 1. The highest BCUT2D eigenvalue weighted by molar-refractivity contribution is 7.18. The summed E-state index contributed by atoms with van der Waals surface area (Å²) in [5.74, 6) is -0.251. The van der Waals surface area contributed by atoms with E-state index in [1.165, 1.54) is 0 Å². The highest BCUT2D eigenvalue weighted by Gasteiger charge is 2.09. The van der Waals surface area contributed by atoms with Gasteiger partial charge in [0.25, 0.3) is 0 Å². The van der Waals surface area contributed by atoms with Crippen molar-refractivity contribution in [2.24, 2.45) is 0 Å². The number of hydrogen-bond donors (Lipinski definition) is 2. The largest absolute Gasteiger partial charge is 0.478 e. The third-order valence-electron chi connectivity index (χ3n) is 3.15. The maximum absolute atomic E-state index is 10.8. The van der Waals surface area contributed by atoms with Gasteiger partial charge in [-0.2, -0.15) is 0 Å². The Morgan fingerprint density at radius 3 is 2.73 bits per heavy atom. The number of fused-ring (bicyclic) bond motifs is 1. The van der Waals surface area contributed by atoms with Gasteiger partial charge in [-0.1, -0.05) is 12.1 Å². The van der Waals surface area contributed by atoms with Crippen molar-refractivity contribution >= 4 is 44.9 Å². The van der Waals surface area contributed by atoms with Crippen LogP contribution in [0.4, 0.5) is 5.82 Å². The average molecular weight is 334 g/mol. The van der Waals surface area contributed by atoms with Gasteiger partial charge in [0, 0.05) is 11.4 Å². The summed E-state index contributed by atoms with van der Waals surface area (Å²) in [4.78, 5) is 21.3. The standard InChI is InChI=1S/C15H12ClN3O2S/c1-8-6-11-12(18-15(16)19-13(11)22-8)17-7-9-2-4-10(5-3-9)14(20)21/h2-6H,7H2,1H3,(H,20,21)(H,17,18,19). The Morgan fingerprint density at radius 1 is 1.32 bits per heavy atom. The van der Waals surface area contributed by atoms with Crippen molar-refractivity contribution in [1.29, 1.82) is 0 Å². The van der Waals surface area contributed by atoms with Gasteiger partial charge >= 0.3 is 5.97 Å². The van der Waals surface area contributed by atoms with Gasteiger partial charge in [-0.15, -0.1) is 11.3 Å². The summed E-state index contributed by atoms with van der Waals surface area (Å²) in [5.41, 5.74) is 1.23. The number of nitrogens with one attached hydrogen (secondary N) is 1. The van der Waals surface area contributed by atoms with Crippen molar-refractivity contribution in [3.63, 3.8) is 0 Å². The molecule has 2 N–H and O–H groups in total. The van der Waals surface area contributed by atoms with E-state index in [1.54, 1.807) is 35.6 Å². The molecule has 3 rings (SSSR count). The SMILES string of the molecule is Cc1cc2c(NCc3ccc(C(=O)O)cc3)nc(Cl)nc2s1. The fourth-order valence-electron chi connectivity index (χ4n) is 2.10. The third-order valence-corrected chi connectivity index (χ3v) is 4.26. The lowest BCUT2D eigenvalue weighted by molar-refractivity contribution is 0.0697. The Labute approximate surface area is 135 Å². The summed E-state index contributed by atoms with van der Waals surface area (Å²) in [5, 5.41) is 13.3. The number of anilines is 1. The lowest BCUT2D eigenvalue weighted by Crippen LogP contribution is -2.03. The van der Waals surface area contributed by atoms with Crippen LogP contribution in [0.2, 0.25) is 5.28 Å². The molecule has 2 heterocycles. The predicted octanol–water partition coefficient (Wildman–Crippen LogP) is 3.96. The number of rotatable bonds is 4. The Hall–Kier alpha value is -2.18. The van der Waals surface area contributed by atoms with Gasteiger partial charge in [0.2, 0.25) is 5.28 Å². The Bertz CT molecular complexity index is 846. The number of thiophene rings is 1. The molecule has 0 saturated heterocycles. The Kier molecular flexibility index (Phi) is 3.96. The van der Waals surface area contributed by atoms with Gasteiger partial charge in [0.05, 0.1) is 10.9 Å². The lowest BCUT2D eigenvalue weighted by Gasteiger charge is -2.07. The minimum atomic E-state index is -0.933. The molecule has 0 amide bonds. The molecule has 22 heavy (non-hydrogen) atoms. The third kappa shape index (κ3) is 3.03. The minimum absolute atomic E-state index is 0.207. The summed E-state index contributed by atoms with van der Waals surface area (Å²) in [7, 11) is 0. The first kappa shape index (κ1) is 14.7. The summed E-state index contributed by atoms with van der Waals surface area (Å²) in [6, 6.07) is 8.73. The quantitative estimate of drug-likeness (QED) is 0.707. The van der Waals surface area contributed by atoms with Crippen LogP contribution in [0.15, 0.2) is 30.3 Å². The molecular formula is C15H12ClN3O2S. The van der Waals surface area contributed by atoms with E-state index in [1.807, 2.05) is 13.0 Å². The molecule has 0 unspecified atom stereocenters. The number of aromatic carboxylic acids is 1. The van der Waals surface area contributed by atoms with Crippen LogP contribution in [0.25, 0.3) is 10.2 Å². The number of benzene rings is 1. The summed E-state index contributed by atoms with van der Waals surface area (Å²) in [6.07, 6.45) is 0. The maximum Gasteiger partial charge on any atom is 0.335 e. The number of carboxylic acids is 1. The Balaban J connectivity index is 1.83. The molecule has 7 heteroatoms. The van der Waals surface area contributed by atoms with Gasteiger partial charge in [0.15, 0.2) is 0 Å². The summed E-state index contributed by atoms with van der Waals surface area (Å²) < 4.78 is 0. The molecule has 2 aromatic heterocycles. The summed E-state index contributed by atoms with van der Waals surface area (Å²) in [6.45, 7) is 2.53. The minimum Gasteiger partial charge on any atom is -0.478 e. The highest BCUT2D eigenvalue weighted by atomic mass is 35.5. The molecule has 0 aliphatic carbocycles. The van der Waals surface area contributed by atoms with E-state index in [-0.39, 0.29) is 10.8 Å². The van der Waals surface area contributed by atoms with Crippen LogP contribution in [0.5, 0.6) is 0 Å². The van der Waals surface area contributed by atoms with E-state index in [0.717, 1.165) is 20.7 Å². The van der Waals surface area contributed by atoms with E-state index in [4.69, 9.17) is 16.7 Å². The van der Waals surface area contributed by atoms with E-state index in [9.17, 15) is 4.79 Å². The molecule has 0 spiro atoms. The van der Waals surface area contributed by atoms with E-state index in [0.29, 0.717) is 12.4 Å². The van der Waals surface area contributed by atoms with Gasteiger partial charge in [-0.05, 0) is 42.3 Å². The lowest BCUT2D eigenvalue weighted by atomic mass is 10.1. The average Bonchev–Trinajstić information content (AvgIpc) is 2.85. The van der Waals surface area contributed by atoms with Crippen molar-refractivity contribution in [2.75, 3.05) is 5.32 Å². The smallest absolute Gasteiger partial charge is 0.335 e. The fourth-order valence-corrected chi connectivity index (χ4v) is 3.20. The molecule has 0 radical (unpaired) electrons. The van der Waals surface area contributed by atoms with Crippen molar-refractivity contribution in [1.82, 2.24) is 9.97 Å². The molecule has 112 valence electrons. The zero-order valence-corrected chi connectivity index (χ0v) is 13.2. The second kappa shape index (κ2) is 5.90. The molecule has 5 nitrogen and oxygen atoms in total. The second-order valence-corrected chi connectivity index (χ2v) is 6.35. The number of halogens is 1. The monoisotopic (exact) mass is 333 g/mol. The van der Waals surface area contributed by atoms with Crippen molar-refractivity contribution in [2.45, 2.75) is 13.5 Å². The van der Waals surface area contributed by atoms with Crippen molar-refractivity contribution in [3.05, 3.63) is 51.6 Å². The van der Waals surface area contributed by atoms with Gasteiger partial charge in [-0.3, -0.25) is 0 Å².